The zero-order valence-electron chi connectivity index (χ0n) is 23.5. The van der Waals surface area contributed by atoms with Crippen LogP contribution in [0.3, 0.4) is 0 Å². The maximum Gasteiger partial charge on any atom is 0.455 e. The Morgan fingerprint density at radius 2 is 1.79 bits per heavy atom. The molecule has 2 heterocycles. The molecule has 2 aliphatic carbocycles. The van der Waals surface area contributed by atoms with Gasteiger partial charge in [0.25, 0.3) is 0 Å². The van der Waals surface area contributed by atoms with Gasteiger partial charge in [-0.2, -0.15) is 0 Å². The number of nitrogens with zero attached hydrogens (tertiary/aromatic N) is 1. The zero-order chi connectivity index (χ0) is 27.8. The van der Waals surface area contributed by atoms with Crippen molar-refractivity contribution in [3.63, 3.8) is 0 Å². The first-order valence-corrected chi connectivity index (χ1v) is 14.8. The molecule has 0 aromatic heterocycles. The Bertz CT molecular complexity index is 1160. The molecule has 1 saturated carbocycles. The number of likely N-dealkylation sites (tertiary alicyclic amines) is 1. The number of hydrogen-bond acceptors (Lipinski definition) is 6. The lowest BCUT2D eigenvalue weighted by molar-refractivity contribution is -0.143. The van der Waals surface area contributed by atoms with Gasteiger partial charge in [-0.1, -0.05) is 37.8 Å². The molecule has 1 aromatic carbocycles. The Kier molecular flexibility index (Phi) is 8.36. The molecule has 39 heavy (non-hydrogen) atoms. The summed E-state index contributed by atoms with van der Waals surface area (Å²) >= 11 is 0. The largest absolute Gasteiger partial charge is 0.507 e. The fraction of sp³-hybridized carbons (Fsp3) is 0.613. The van der Waals surface area contributed by atoms with Crippen LogP contribution in [0, 0.1) is 31.6 Å². The number of hydrogen-bond donors (Lipinski definition) is 3. The van der Waals surface area contributed by atoms with Gasteiger partial charge in [-0.3, -0.25) is 14.5 Å². The molecule has 1 aromatic rings. The molecule has 0 radical (unpaired) electrons. The zero-order valence-corrected chi connectivity index (χ0v) is 23.5. The van der Waals surface area contributed by atoms with Gasteiger partial charge in [0.15, 0.2) is 0 Å². The van der Waals surface area contributed by atoms with Crippen LogP contribution in [-0.2, 0) is 14.2 Å². The van der Waals surface area contributed by atoms with Gasteiger partial charge in [-0.05, 0) is 105 Å². The van der Waals surface area contributed by atoms with Crippen LogP contribution < -0.4 is 0 Å². The lowest BCUT2D eigenvalue weighted by Crippen LogP contribution is -2.47. The first-order valence-electron chi connectivity index (χ1n) is 14.8. The van der Waals surface area contributed by atoms with Gasteiger partial charge in [0, 0.05) is 6.04 Å². The predicted octanol–water partition coefficient (Wildman–Crippen LogP) is 4.70. The smallest absolute Gasteiger partial charge is 0.455 e. The molecule has 0 bridgehead atoms. The van der Waals surface area contributed by atoms with Crippen LogP contribution in [0.2, 0.25) is 6.32 Å². The number of amides is 2. The molecule has 3 fully saturated rings. The van der Waals surface area contributed by atoms with Crippen LogP contribution in [0.1, 0.15) is 81.4 Å². The first kappa shape index (κ1) is 28.1. The number of aryl methyl sites for hydroxylation is 2. The summed E-state index contributed by atoms with van der Waals surface area (Å²) in [6.07, 6.45) is 9.56. The highest BCUT2D eigenvalue weighted by Crippen LogP contribution is 2.51. The molecule has 3 N–H and O–H groups in total. The van der Waals surface area contributed by atoms with Crippen LogP contribution >= 0.6 is 0 Å². The van der Waals surface area contributed by atoms with Crippen molar-refractivity contribution in [2.24, 2.45) is 17.8 Å². The Morgan fingerprint density at radius 1 is 1.10 bits per heavy atom. The van der Waals surface area contributed by atoms with Gasteiger partial charge < -0.3 is 19.9 Å². The summed E-state index contributed by atoms with van der Waals surface area (Å²) < 4.78 is 6.06. The number of carbonyl (C=O) groups excluding carboxylic acids is 2. The Hall–Kier alpha value is -2.42. The molecule has 7 nitrogen and oxygen atoms in total. The van der Waals surface area contributed by atoms with Crippen molar-refractivity contribution in [2.45, 2.75) is 97.0 Å². The van der Waals surface area contributed by atoms with E-state index < -0.39 is 25.1 Å². The fourth-order valence-corrected chi connectivity index (χ4v) is 7.61. The van der Waals surface area contributed by atoms with E-state index in [1.54, 1.807) is 4.90 Å². The highest BCUT2D eigenvalue weighted by Gasteiger charge is 2.58. The van der Waals surface area contributed by atoms with Crippen LogP contribution in [0.25, 0.3) is 6.08 Å². The SMILES string of the molecule is CC/C(=C\c1cc(C)c(O)c(C)c1)CC[C@H]1OB(O)C[C@H]2C1=C(CO)C[C@H]1C(=O)N(C3CCCCC3)C(=O)[C@H]12. The van der Waals surface area contributed by atoms with Gasteiger partial charge in [0.2, 0.25) is 11.8 Å². The number of carbonyl (C=O) groups is 2. The van der Waals surface area contributed by atoms with Crippen molar-refractivity contribution in [2.75, 3.05) is 6.61 Å². The quantitative estimate of drug-likeness (QED) is 0.265. The van der Waals surface area contributed by atoms with Crippen molar-refractivity contribution in [1.29, 1.82) is 0 Å². The molecule has 8 heteroatoms. The van der Waals surface area contributed by atoms with Crippen molar-refractivity contribution < 1.29 is 29.5 Å². The Morgan fingerprint density at radius 3 is 2.44 bits per heavy atom. The molecule has 4 atom stereocenters. The lowest BCUT2D eigenvalue weighted by Gasteiger charge is -2.43. The molecule has 0 unspecified atom stereocenters. The number of benzene rings is 1. The number of aliphatic hydroxyl groups excluding tert-OH is 1. The molecule has 2 amide bonds. The average Bonchev–Trinajstić information content (AvgIpc) is 3.18. The molecular formula is C31H42BNO6. The van der Waals surface area contributed by atoms with Gasteiger partial charge in [0.05, 0.1) is 24.5 Å². The Balaban J connectivity index is 1.39. The highest BCUT2D eigenvalue weighted by molar-refractivity contribution is 6.43. The average molecular weight is 535 g/mol. The number of phenols is 1. The van der Waals surface area contributed by atoms with Crippen LogP contribution in [0.5, 0.6) is 5.75 Å². The molecular weight excluding hydrogens is 493 g/mol. The number of fused-ring (bicyclic) bond motifs is 3. The number of rotatable bonds is 7. The van der Waals surface area contributed by atoms with Crippen molar-refractivity contribution >= 4 is 25.0 Å². The molecule has 4 aliphatic rings. The third kappa shape index (κ3) is 5.35. The highest BCUT2D eigenvalue weighted by atomic mass is 16.5. The predicted molar refractivity (Wildman–Crippen MR) is 151 cm³/mol. The van der Waals surface area contributed by atoms with E-state index in [1.165, 1.54) is 5.57 Å². The van der Waals surface area contributed by atoms with E-state index in [0.717, 1.165) is 72.8 Å². The van der Waals surface area contributed by atoms with E-state index in [1.807, 2.05) is 26.0 Å². The van der Waals surface area contributed by atoms with E-state index >= 15 is 0 Å². The van der Waals surface area contributed by atoms with Crippen LogP contribution in [-0.4, -0.2) is 57.8 Å². The fourth-order valence-electron chi connectivity index (χ4n) is 7.61. The second-order valence-electron chi connectivity index (χ2n) is 12.0. The van der Waals surface area contributed by atoms with E-state index in [9.17, 15) is 24.8 Å². The van der Waals surface area contributed by atoms with E-state index in [2.05, 4.69) is 13.0 Å². The van der Waals surface area contributed by atoms with Crippen molar-refractivity contribution in [3.05, 3.63) is 45.5 Å². The van der Waals surface area contributed by atoms with E-state index in [4.69, 9.17) is 4.65 Å². The summed E-state index contributed by atoms with van der Waals surface area (Å²) in [6, 6.07) is 3.93. The van der Waals surface area contributed by atoms with Gasteiger partial charge >= 0.3 is 7.12 Å². The number of imide groups is 1. The topological polar surface area (TPSA) is 107 Å². The Labute approximate surface area is 232 Å². The monoisotopic (exact) mass is 535 g/mol. The van der Waals surface area contributed by atoms with Gasteiger partial charge in [-0.15, -0.1) is 0 Å². The minimum Gasteiger partial charge on any atom is -0.507 e. The van der Waals surface area contributed by atoms with Gasteiger partial charge in [-0.25, -0.2) is 0 Å². The number of phenolic OH excluding ortho intramolecular Hbond substituents is 1. The standard InChI is InChI=1S/C31H42BNO6/c1-4-20(14-21-12-18(2)29(35)19(3)13-21)10-11-26-27-22(17-34)15-24-28(25(27)16-32(38)39-26)31(37)33(30(24)36)23-8-6-5-7-9-23/h12-14,23-26,28,34-35,38H,4-11,15-17H2,1-3H3/b20-14+/t24-,25+,26-,28-/m1/s1. The summed E-state index contributed by atoms with van der Waals surface area (Å²) in [4.78, 5) is 28.9. The van der Waals surface area contributed by atoms with E-state index in [0.29, 0.717) is 18.6 Å². The molecule has 5 rings (SSSR count). The van der Waals surface area contributed by atoms with Crippen LogP contribution in [0.15, 0.2) is 28.9 Å². The van der Waals surface area contributed by atoms with E-state index in [-0.39, 0.29) is 36.7 Å². The first-order chi connectivity index (χ1) is 18.7. The molecule has 2 aliphatic heterocycles. The number of aromatic hydroxyl groups is 1. The minimum atomic E-state index is -1.01. The molecule has 2 saturated heterocycles. The second-order valence-corrected chi connectivity index (χ2v) is 12.0. The summed E-state index contributed by atoms with van der Waals surface area (Å²) in [5.41, 5.74) is 5.67. The summed E-state index contributed by atoms with van der Waals surface area (Å²) in [5.74, 6) is -1.07. The van der Waals surface area contributed by atoms with Crippen LogP contribution in [0.4, 0.5) is 0 Å². The van der Waals surface area contributed by atoms with Crippen molar-refractivity contribution in [1.82, 2.24) is 4.90 Å². The summed E-state index contributed by atoms with van der Waals surface area (Å²) in [7, 11) is -1.01. The molecule has 210 valence electrons. The second kappa shape index (κ2) is 11.6. The van der Waals surface area contributed by atoms with Crippen molar-refractivity contribution in [3.8, 4) is 5.75 Å². The third-order valence-electron chi connectivity index (χ3n) is 9.54. The van der Waals surface area contributed by atoms with Gasteiger partial charge in [0.1, 0.15) is 5.75 Å². The minimum absolute atomic E-state index is 0.0182. The third-order valence-corrected chi connectivity index (χ3v) is 9.54. The normalized spacial score (nSPS) is 28.3. The molecule has 0 spiro atoms. The lowest BCUT2D eigenvalue weighted by atomic mass is 9.58. The summed E-state index contributed by atoms with van der Waals surface area (Å²) in [5, 5.41) is 31.3. The summed E-state index contributed by atoms with van der Waals surface area (Å²) in [6.45, 7) is 5.73. The maximum absolute atomic E-state index is 13.8. The maximum atomic E-state index is 13.8. The number of aliphatic hydroxyl groups is 1. The number of allylic oxidation sites excluding steroid dienone is 1.